The molecule has 1 fully saturated rings. The molecule has 22 heavy (non-hydrogen) atoms. The first-order valence-electron chi connectivity index (χ1n) is 7.69. The lowest BCUT2D eigenvalue weighted by molar-refractivity contribution is -0.111. The number of hydrogen-bond donors (Lipinski definition) is 1. The predicted octanol–water partition coefficient (Wildman–Crippen LogP) is 3.61. The SMILES string of the molecule is CC=CC=CC(=O)Nc1ccc(CN2CCSCC2)cc1C. The third-order valence-electron chi connectivity index (χ3n) is 3.61. The summed E-state index contributed by atoms with van der Waals surface area (Å²) in [7, 11) is 0. The smallest absolute Gasteiger partial charge is 0.248 e. The van der Waals surface area contributed by atoms with Crippen LogP contribution in [0, 0.1) is 6.92 Å². The quantitative estimate of drug-likeness (QED) is 0.665. The minimum atomic E-state index is -0.0954. The van der Waals surface area contributed by atoms with Crippen molar-refractivity contribution < 1.29 is 4.79 Å². The van der Waals surface area contributed by atoms with E-state index in [4.69, 9.17) is 0 Å². The van der Waals surface area contributed by atoms with Crippen LogP contribution in [0.15, 0.2) is 42.5 Å². The first-order chi connectivity index (χ1) is 10.7. The molecule has 1 aliphatic rings. The van der Waals surface area contributed by atoms with Gasteiger partial charge in [-0.2, -0.15) is 11.8 Å². The van der Waals surface area contributed by atoms with Crippen LogP contribution in [-0.2, 0) is 11.3 Å². The minimum Gasteiger partial charge on any atom is -0.322 e. The molecule has 0 spiro atoms. The van der Waals surface area contributed by atoms with Crippen molar-refractivity contribution >= 4 is 23.4 Å². The molecule has 0 unspecified atom stereocenters. The number of nitrogens with zero attached hydrogens (tertiary/aromatic N) is 1. The number of carbonyl (C=O) groups excluding carboxylic acids is 1. The van der Waals surface area contributed by atoms with Crippen LogP contribution in [0.4, 0.5) is 5.69 Å². The number of amides is 1. The largest absolute Gasteiger partial charge is 0.322 e. The molecule has 4 heteroatoms. The van der Waals surface area contributed by atoms with E-state index in [2.05, 4.69) is 22.3 Å². The van der Waals surface area contributed by atoms with Crippen molar-refractivity contribution in [2.75, 3.05) is 29.9 Å². The number of anilines is 1. The van der Waals surface area contributed by atoms with Crippen molar-refractivity contribution in [3.63, 3.8) is 0 Å². The predicted molar refractivity (Wildman–Crippen MR) is 96.4 cm³/mol. The molecule has 2 rings (SSSR count). The standard InChI is InChI=1S/C18H24N2OS/c1-3-4-5-6-18(21)19-17-8-7-16(13-15(17)2)14-20-9-11-22-12-10-20/h3-8,13H,9-12,14H2,1-2H3,(H,19,21). The Balaban J connectivity index is 1.95. The molecular weight excluding hydrogens is 292 g/mol. The Hall–Kier alpha value is -1.52. The van der Waals surface area contributed by atoms with Gasteiger partial charge in [0.1, 0.15) is 0 Å². The van der Waals surface area contributed by atoms with Crippen LogP contribution >= 0.6 is 11.8 Å². The number of benzene rings is 1. The van der Waals surface area contributed by atoms with Crippen molar-refractivity contribution in [1.29, 1.82) is 0 Å². The highest BCUT2D eigenvalue weighted by atomic mass is 32.2. The van der Waals surface area contributed by atoms with Crippen LogP contribution in [0.25, 0.3) is 0 Å². The molecule has 0 radical (unpaired) electrons. The monoisotopic (exact) mass is 316 g/mol. The summed E-state index contributed by atoms with van der Waals surface area (Å²) in [4.78, 5) is 14.3. The van der Waals surface area contributed by atoms with Crippen LogP contribution in [0.3, 0.4) is 0 Å². The summed E-state index contributed by atoms with van der Waals surface area (Å²) >= 11 is 2.03. The minimum absolute atomic E-state index is 0.0954. The molecule has 0 aromatic heterocycles. The van der Waals surface area contributed by atoms with Crippen LogP contribution < -0.4 is 5.32 Å². The van der Waals surface area contributed by atoms with Crippen molar-refractivity contribution in [3.05, 3.63) is 53.6 Å². The Morgan fingerprint density at radius 3 is 2.77 bits per heavy atom. The van der Waals surface area contributed by atoms with E-state index in [0.717, 1.165) is 30.9 Å². The van der Waals surface area contributed by atoms with E-state index in [9.17, 15) is 4.79 Å². The van der Waals surface area contributed by atoms with Gasteiger partial charge in [-0.05, 0) is 31.0 Å². The van der Waals surface area contributed by atoms with Crippen LogP contribution in [0.2, 0.25) is 0 Å². The van der Waals surface area contributed by atoms with Gasteiger partial charge in [-0.3, -0.25) is 9.69 Å². The van der Waals surface area contributed by atoms with Crippen LogP contribution in [0.1, 0.15) is 18.1 Å². The van der Waals surface area contributed by atoms with E-state index in [0.29, 0.717) is 0 Å². The summed E-state index contributed by atoms with van der Waals surface area (Å²) in [5.74, 6) is 2.36. The summed E-state index contributed by atoms with van der Waals surface area (Å²) in [6.45, 7) is 7.29. The first kappa shape index (κ1) is 16.8. The summed E-state index contributed by atoms with van der Waals surface area (Å²) in [6, 6.07) is 6.29. The Labute approximate surface area is 137 Å². The van der Waals surface area contributed by atoms with E-state index >= 15 is 0 Å². The maximum atomic E-state index is 11.8. The summed E-state index contributed by atoms with van der Waals surface area (Å²) in [6.07, 6.45) is 7.02. The average molecular weight is 316 g/mol. The number of nitrogens with one attached hydrogen (secondary N) is 1. The Bertz CT molecular complexity index is 560. The molecule has 1 N–H and O–H groups in total. The molecule has 1 aliphatic heterocycles. The molecule has 0 aliphatic carbocycles. The van der Waals surface area contributed by atoms with Gasteiger partial charge in [0, 0.05) is 42.9 Å². The third-order valence-corrected chi connectivity index (χ3v) is 4.55. The Morgan fingerprint density at radius 1 is 1.32 bits per heavy atom. The molecule has 1 saturated heterocycles. The zero-order valence-electron chi connectivity index (χ0n) is 13.3. The highest BCUT2D eigenvalue weighted by Crippen LogP contribution is 2.19. The van der Waals surface area contributed by atoms with Gasteiger partial charge in [-0.15, -0.1) is 0 Å². The number of thioether (sulfide) groups is 1. The lowest BCUT2D eigenvalue weighted by Gasteiger charge is -2.26. The number of hydrogen-bond acceptors (Lipinski definition) is 3. The fourth-order valence-corrected chi connectivity index (χ4v) is 3.39. The highest BCUT2D eigenvalue weighted by Gasteiger charge is 2.11. The van der Waals surface area contributed by atoms with Gasteiger partial charge < -0.3 is 5.32 Å². The lowest BCUT2D eigenvalue weighted by Crippen LogP contribution is -2.31. The second-order valence-corrected chi connectivity index (χ2v) is 6.64. The molecule has 0 saturated carbocycles. The molecule has 3 nitrogen and oxygen atoms in total. The van der Waals surface area contributed by atoms with Gasteiger partial charge in [0.05, 0.1) is 0 Å². The number of allylic oxidation sites excluding steroid dienone is 3. The molecule has 1 aromatic rings. The first-order valence-corrected chi connectivity index (χ1v) is 8.84. The van der Waals surface area contributed by atoms with Gasteiger partial charge >= 0.3 is 0 Å². The fourth-order valence-electron chi connectivity index (χ4n) is 2.41. The summed E-state index contributed by atoms with van der Waals surface area (Å²) < 4.78 is 0. The van der Waals surface area contributed by atoms with E-state index in [1.807, 2.05) is 43.8 Å². The second-order valence-electron chi connectivity index (χ2n) is 5.41. The van der Waals surface area contributed by atoms with E-state index in [1.165, 1.54) is 17.1 Å². The van der Waals surface area contributed by atoms with Crippen molar-refractivity contribution in [3.8, 4) is 0 Å². The number of aryl methyl sites for hydroxylation is 1. The van der Waals surface area contributed by atoms with Gasteiger partial charge in [0.2, 0.25) is 5.91 Å². The van der Waals surface area contributed by atoms with Gasteiger partial charge in [0.15, 0.2) is 0 Å². The van der Waals surface area contributed by atoms with Crippen molar-refractivity contribution in [1.82, 2.24) is 4.90 Å². The fraction of sp³-hybridized carbons (Fsp3) is 0.389. The second kappa shape index (κ2) is 8.81. The molecule has 1 heterocycles. The summed E-state index contributed by atoms with van der Waals surface area (Å²) in [5.41, 5.74) is 3.30. The number of carbonyl (C=O) groups is 1. The van der Waals surface area contributed by atoms with Crippen molar-refractivity contribution in [2.45, 2.75) is 20.4 Å². The zero-order chi connectivity index (χ0) is 15.8. The normalized spacial score (nSPS) is 16.5. The highest BCUT2D eigenvalue weighted by molar-refractivity contribution is 7.99. The molecule has 0 atom stereocenters. The molecule has 1 aromatic carbocycles. The topological polar surface area (TPSA) is 32.3 Å². The zero-order valence-corrected chi connectivity index (χ0v) is 14.2. The van der Waals surface area contributed by atoms with Crippen molar-refractivity contribution in [2.24, 2.45) is 0 Å². The van der Waals surface area contributed by atoms with Gasteiger partial charge in [-0.1, -0.05) is 30.4 Å². The molecule has 0 bridgehead atoms. The molecule has 118 valence electrons. The van der Waals surface area contributed by atoms with E-state index in [1.54, 1.807) is 12.2 Å². The third kappa shape index (κ3) is 5.35. The maximum Gasteiger partial charge on any atom is 0.248 e. The van der Waals surface area contributed by atoms with Gasteiger partial charge in [0.25, 0.3) is 0 Å². The molecular formula is C18H24N2OS. The van der Waals surface area contributed by atoms with E-state index < -0.39 is 0 Å². The maximum absolute atomic E-state index is 11.8. The van der Waals surface area contributed by atoms with Crippen LogP contribution in [0.5, 0.6) is 0 Å². The Morgan fingerprint density at radius 2 is 2.09 bits per heavy atom. The average Bonchev–Trinajstić information content (AvgIpc) is 2.51. The van der Waals surface area contributed by atoms with E-state index in [-0.39, 0.29) is 5.91 Å². The Kier molecular flexibility index (Phi) is 6.74. The number of rotatable bonds is 5. The molecule has 1 amide bonds. The summed E-state index contributed by atoms with van der Waals surface area (Å²) in [5, 5.41) is 2.92. The van der Waals surface area contributed by atoms with Gasteiger partial charge in [-0.25, -0.2) is 0 Å². The van der Waals surface area contributed by atoms with Crippen LogP contribution in [-0.4, -0.2) is 35.4 Å². The lowest BCUT2D eigenvalue weighted by atomic mass is 10.1.